The van der Waals surface area contributed by atoms with E-state index in [0.717, 1.165) is 136 Å². The molecule has 0 heterocycles. The van der Waals surface area contributed by atoms with Gasteiger partial charge in [-0.05, 0) is 143 Å². The summed E-state index contributed by atoms with van der Waals surface area (Å²) in [4.78, 5) is 0. The van der Waals surface area contributed by atoms with E-state index >= 15 is 0 Å². The van der Waals surface area contributed by atoms with Crippen LogP contribution in [0.15, 0.2) is 0 Å². The molecule has 0 aliphatic rings. The molecule has 0 rings (SSSR count). The molecule has 0 aromatic heterocycles. The second kappa shape index (κ2) is 95.4. The Hall–Kier alpha value is -0.320. The standard InChI is InChI=1S/C11H24O.2C9H20O.C8H18O.C7H16O.C6H14O.C5H12O.C4H10O/c1-4-5-6-9-12-10-7-8-11(2)3;1-4-7-10-8-5-6-9(2)3;1-3-5-6-7-8-9-10-4-2;1-4-9-7-5-6-8(2)3;1-3-5-6-7-8-4-2;1-3-5-6-7-4-2;1-3-5-6-4-2;1-3-5-4-2/h11H,4-10H2,1-3H3;9H,4-8H2,1-3H3;3-9H2,1-2H3;8H,4-7H2,1-3H3;3-7H2,1-2H3;3-6H2,1-2H3;3-5H2,1-2H3;3-4H2,1-2H3. The molecule has 0 spiro atoms. The fourth-order valence-electron chi connectivity index (χ4n) is 5.16. The first kappa shape index (κ1) is 83.5. The van der Waals surface area contributed by atoms with Crippen molar-refractivity contribution in [2.45, 2.75) is 266 Å². The average Bonchev–Trinajstić information content (AvgIpc) is 3.31. The highest BCUT2D eigenvalue weighted by Crippen LogP contribution is 2.05. The fraction of sp³-hybridized carbons (Fsp3) is 1.00. The van der Waals surface area contributed by atoms with Crippen molar-refractivity contribution in [2.75, 3.05) is 106 Å². The molecule has 67 heavy (non-hydrogen) atoms. The van der Waals surface area contributed by atoms with Crippen molar-refractivity contribution >= 4 is 0 Å². The normalized spacial score (nSPS) is 10.1. The predicted octanol–water partition coefficient (Wildman–Crippen LogP) is 18.4. The predicted molar refractivity (Wildman–Crippen MR) is 302 cm³/mol. The lowest BCUT2D eigenvalue weighted by molar-refractivity contribution is 0.124. The van der Waals surface area contributed by atoms with E-state index in [4.69, 9.17) is 37.9 Å². The Morgan fingerprint density at radius 3 is 0.701 bits per heavy atom. The molecule has 418 valence electrons. The van der Waals surface area contributed by atoms with Crippen molar-refractivity contribution in [2.24, 2.45) is 17.8 Å². The third-order valence-corrected chi connectivity index (χ3v) is 9.16. The summed E-state index contributed by atoms with van der Waals surface area (Å²) < 4.78 is 41.2. The van der Waals surface area contributed by atoms with Gasteiger partial charge in [-0.15, -0.1) is 0 Å². The molecule has 0 aromatic rings. The molecule has 0 fully saturated rings. The minimum absolute atomic E-state index is 0.823. The van der Waals surface area contributed by atoms with Crippen LogP contribution in [0.5, 0.6) is 0 Å². The van der Waals surface area contributed by atoms with Gasteiger partial charge in [-0.1, -0.05) is 141 Å². The quantitative estimate of drug-likeness (QED) is 0.0562. The van der Waals surface area contributed by atoms with Crippen LogP contribution < -0.4 is 0 Å². The van der Waals surface area contributed by atoms with Gasteiger partial charge in [0.2, 0.25) is 0 Å². The van der Waals surface area contributed by atoms with Gasteiger partial charge in [0, 0.05) is 106 Å². The van der Waals surface area contributed by atoms with Crippen LogP contribution in [-0.4, -0.2) is 106 Å². The molecule has 0 bridgehead atoms. The Kier molecular flexibility index (Phi) is 119. The molecule has 0 N–H and O–H groups in total. The van der Waals surface area contributed by atoms with Crippen LogP contribution in [0, 0.1) is 17.8 Å². The highest BCUT2D eigenvalue weighted by atomic mass is 16.5. The fourth-order valence-corrected chi connectivity index (χ4v) is 5.16. The van der Waals surface area contributed by atoms with E-state index in [9.17, 15) is 0 Å². The van der Waals surface area contributed by atoms with E-state index < -0.39 is 0 Å². The van der Waals surface area contributed by atoms with Crippen LogP contribution in [0.4, 0.5) is 0 Å². The molecular formula is C59H134O8. The summed E-state index contributed by atoms with van der Waals surface area (Å²) in [6.07, 6.45) is 26.6. The van der Waals surface area contributed by atoms with Gasteiger partial charge >= 0.3 is 0 Å². The van der Waals surface area contributed by atoms with E-state index in [1.54, 1.807) is 0 Å². The first-order valence-electron chi connectivity index (χ1n) is 29.0. The van der Waals surface area contributed by atoms with E-state index in [-0.39, 0.29) is 0 Å². The Balaban J connectivity index is -0.000000100. The Labute approximate surface area is 426 Å². The van der Waals surface area contributed by atoms with Crippen molar-refractivity contribution in [3.05, 3.63) is 0 Å². The van der Waals surface area contributed by atoms with Crippen LogP contribution in [0.3, 0.4) is 0 Å². The van der Waals surface area contributed by atoms with Gasteiger partial charge in [-0.3, -0.25) is 0 Å². The second-order valence-electron chi connectivity index (χ2n) is 17.8. The summed E-state index contributed by atoms with van der Waals surface area (Å²) in [7, 11) is 0. The minimum atomic E-state index is 0.823. The average molecular weight is 972 g/mol. The van der Waals surface area contributed by atoms with Crippen LogP contribution in [0.25, 0.3) is 0 Å². The van der Waals surface area contributed by atoms with E-state index in [0.29, 0.717) is 0 Å². The molecule has 0 saturated carbocycles. The SMILES string of the molecule is CCCCCCCOCC.CCCCCOCC.CCCCCOCCCC(C)C.CCCCOCC.CCCOCC.CCCOCCCC(C)C.CCOCC.CCOCCCC(C)C. The van der Waals surface area contributed by atoms with Crippen molar-refractivity contribution in [3.63, 3.8) is 0 Å². The largest absolute Gasteiger partial charge is 0.382 e. The van der Waals surface area contributed by atoms with Crippen LogP contribution in [0.2, 0.25) is 0 Å². The molecule has 0 aliphatic heterocycles. The molecule has 0 saturated heterocycles. The molecule has 0 unspecified atom stereocenters. The summed E-state index contributed by atoms with van der Waals surface area (Å²) in [6, 6.07) is 0. The number of unbranched alkanes of at least 4 members (excludes halogenated alkanes) is 9. The maximum Gasteiger partial charge on any atom is 0.0466 e. The second-order valence-corrected chi connectivity index (χ2v) is 17.8. The summed E-state index contributed by atoms with van der Waals surface area (Å²) in [5.41, 5.74) is 0. The zero-order valence-corrected chi connectivity index (χ0v) is 50.2. The smallest absolute Gasteiger partial charge is 0.0466 e. The van der Waals surface area contributed by atoms with Gasteiger partial charge < -0.3 is 37.9 Å². The molecule has 0 radical (unpaired) electrons. The van der Waals surface area contributed by atoms with Gasteiger partial charge in [0.05, 0.1) is 0 Å². The lowest BCUT2D eigenvalue weighted by Crippen LogP contribution is -1.98. The maximum atomic E-state index is 5.49. The highest BCUT2D eigenvalue weighted by Gasteiger charge is 1.95. The molecule has 0 aromatic carbocycles. The number of hydrogen-bond donors (Lipinski definition) is 0. The third kappa shape index (κ3) is 146. The van der Waals surface area contributed by atoms with Gasteiger partial charge in [0.1, 0.15) is 0 Å². The molecular weight excluding hydrogens is 837 g/mol. The van der Waals surface area contributed by atoms with Crippen LogP contribution in [-0.2, 0) is 37.9 Å². The zero-order valence-electron chi connectivity index (χ0n) is 50.2. The van der Waals surface area contributed by atoms with Gasteiger partial charge in [0.25, 0.3) is 0 Å². The van der Waals surface area contributed by atoms with Crippen molar-refractivity contribution < 1.29 is 37.9 Å². The van der Waals surface area contributed by atoms with Gasteiger partial charge in [0.15, 0.2) is 0 Å². The Morgan fingerprint density at radius 2 is 0.418 bits per heavy atom. The van der Waals surface area contributed by atoms with Crippen LogP contribution in [0.1, 0.15) is 266 Å². The van der Waals surface area contributed by atoms with Crippen molar-refractivity contribution in [1.82, 2.24) is 0 Å². The number of ether oxygens (including phenoxy) is 8. The molecule has 0 amide bonds. The molecule has 8 heteroatoms. The topological polar surface area (TPSA) is 73.8 Å². The summed E-state index contributed by atoms with van der Waals surface area (Å²) >= 11 is 0. The summed E-state index contributed by atoms with van der Waals surface area (Å²) in [6.45, 7) is 55.2. The van der Waals surface area contributed by atoms with E-state index in [2.05, 4.69) is 83.1 Å². The zero-order chi connectivity index (χ0) is 52.6. The van der Waals surface area contributed by atoms with Crippen molar-refractivity contribution in [1.29, 1.82) is 0 Å². The van der Waals surface area contributed by atoms with Gasteiger partial charge in [-0.2, -0.15) is 0 Å². The molecule has 8 nitrogen and oxygen atoms in total. The molecule has 0 aliphatic carbocycles. The first-order valence-corrected chi connectivity index (χ1v) is 29.0. The number of rotatable bonds is 40. The summed E-state index contributed by atoms with van der Waals surface area (Å²) in [5, 5.41) is 0. The Morgan fingerprint density at radius 1 is 0.194 bits per heavy atom. The molecule has 0 atom stereocenters. The summed E-state index contributed by atoms with van der Waals surface area (Å²) in [5.74, 6) is 2.47. The Bertz CT molecular complexity index is 627. The monoisotopic (exact) mass is 971 g/mol. The lowest BCUT2D eigenvalue weighted by atomic mass is 10.1. The maximum absolute atomic E-state index is 5.49. The minimum Gasteiger partial charge on any atom is -0.382 e. The van der Waals surface area contributed by atoms with Gasteiger partial charge in [-0.25, -0.2) is 0 Å². The van der Waals surface area contributed by atoms with Crippen molar-refractivity contribution in [3.8, 4) is 0 Å². The first-order chi connectivity index (χ1) is 32.4. The highest BCUT2D eigenvalue weighted by molar-refractivity contribution is 4.46. The lowest BCUT2D eigenvalue weighted by Gasteiger charge is -2.05. The van der Waals surface area contributed by atoms with Crippen LogP contribution >= 0.6 is 0 Å². The van der Waals surface area contributed by atoms with E-state index in [1.807, 2.05) is 48.5 Å². The third-order valence-electron chi connectivity index (χ3n) is 9.16. The number of hydrogen-bond acceptors (Lipinski definition) is 8. The van der Waals surface area contributed by atoms with E-state index in [1.165, 1.54) is 122 Å².